The third-order valence-electron chi connectivity index (χ3n) is 3.61. The van der Waals surface area contributed by atoms with Gasteiger partial charge in [0.1, 0.15) is 0 Å². The Morgan fingerprint density at radius 1 is 1.29 bits per heavy atom. The fourth-order valence-corrected chi connectivity index (χ4v) is 2.66. The number of nitrogens with zero attached hydrogens (tertiary/aromatic N) is 3. The molecule has 0 saturated heterocycles. The summed E-state index contributed by atoms with van der Waals surface area (Å²) in [5.41, 5.74) is 11.7. The van der Waals surface area contributed by atoms with Gasteiger partial charge in [0.25, 0.3) is 0 Å². The number of nitriles is 1. The highest BCUT2D eigenvalue weighted by atomic mass is 32.1. The Morgan fingerprint density at radius 3 is 2.92 bits per heavy atom. The van der Waals surface area contributed by atoms with Gasteiger partial charge in [-0.3, -0.25) is 5.43 Å². The predicted octanol–water partition coefficient (Wildman–Crippen LogP) is 2.73. The van der Waals surface area contributed by atoms with Gasteiger partial charge in [0.05, 0.1) is 17.8 Å². The average molecular weight is 333 g/mol. The average Bonchev–Trinajstić information content (AvgIpc) is 2.93. The van der Waals surface area contributed by atoms with Crippen LogP contribution in [0.1, 0.15) is 16.7 Å². The largest absolute Gasteiger partial charge is 0.375 e. The van der Waals surface area contributed by atoms with Gasteiger partial charge in [-0.1, -0.05) is 30.3 Å². The first-order chi connectivity index (χ1) is 11.7. The molecule has 3 rings (SSSR count). The third kappa shape index (κ3) is 3.42. The summed E-state index contributed by atoms with van der Waals surface area (Å²) < 4.78 is 2.13. The number of benzene rings is 2. The van der Waals surface area contributed by atoms with Crippen molar-refractivity contribution in [1.29, 1.82) is 5.26 Å². The molecule has 5 nitrogen and oxygen atoms in total. The molecule has 1 aromatic heterocycles. The highest BCUT2D eigenvalue weighted by Crippen LogP contribution is 2.21. The lowest BCUT2D eigenvalue weighted by molar-refractivity contribution is 0.836. The maximum Gasteiger partial charge on any atom is 0.184 e. The van der Waals surface area contributed by atoms with Crippen LogP contribution in [0, 0.1) is 11.3 Å². The Morgan fingerprint density at radius 2 is 2.12 bits per heavy atom. The van der Waals surface area contributed by atoms with Gasteiger partial charge in [0, 0.05) is 29.2 Å². The van der Waals surface area contributed by atoms with Gasteiger partial charge in [0.15, 0.2) is 5.11 Å². The van der Waals surface area contributed by atoms with Crippen molar-refractivity contribution in [2.45, 2.75) is 6.54 Å². The van der Waals surface area contributed by atoms with Crippen molar-refractivity contribution in [1.82, 2.24) is 9.99 Å². The second-order valence-corrected chi connectivity index (χ2v) is 5.72. The van der Waals surface area contributed by atoms with E-state index in [4.69, 9.17) is 23.2 Å². The summed E-state index contributed by atoms with van der Waals surface area (Å²) in [5.74, 6) is 0. The molecule has 3 N–H and O–H groups in total. The molecule has 0 radical (unpaired) electrons. The molecule has 3 aromatic rings. The number of fused-ring (bicyclic) bond motifs is 1. The van der Waals surface area contributed by atoms with Gasteiger partial charge in [-0.05, 0) is 36.0 Å². The lowest BCUT2D eigenvalue weighted by Crippen LogP contribution is -2.23. The first-order valence-corrected chi connectivity index (χ1v) is 7.73. The number of hydrogen-bond donors (Lipinski definition) is 2. The highest BCUT2D eigenvalue weighted by Gasteiger charge is 2.07. The molecule has 0 bridgehead atoms. The maximum absolute atomic E-state index is 9.04. The van der Waals surface area contributed by atoms with E-state index in [1.165, 1.54) is 0 Å². The van der Waals surface area contributed by atoms with Crippen molar-refractivity contribution in [2.75, 3.05) is 0 Å². The first-order valence-electron chi connectivity index (χ1n) is 7.33. The van der Waals surface area contributed by atoms with Crippen molar-refractivity contribution < 1.29 is 0 Å². The molecule has 0 aliphatic rings. The Kier molecular flexibility index (Phi) is 4.54. The maximum atomic E-state index is 9.04. The molecular formula is C18H15N5S. The van der Waals surface area contributed by atoms with Crippen LogP contribution in [0.2, 0.25) is 0 Å². The second-order valence-electron chi connectivity index (χ2n) is 5.28. The number of hydrazone groups is 1. The van der Waals surface area contributed by atoms with Crippen LogP contribution in [-0.4, -0.2) is 15.9 Å². The summed E-state index contributed by atoms with van der Waals surface area (Å²) in [6, 6.07) is 17.9. The number of thiocarbonyl (C=S) groups is 1. The van der Waals surface area contributed by atoms with Crippen LogP contribution in [-0.2, 0) is 6.54 Å². The van der Waals surface area contributed by atoms with Crippen LogP contribution in [0.5, 0.6) is 0 Å². The molecule has 0 amide bonds. The third-order valence-corrected chi connectivity index (χ3v) is 3.70. The quantitative estimate of drug-likeness (QED) is 0.437. The number of hydrogen-bond acceptors (Lipinski definition) is 3. The van der Waals surface area contributed by atoms with E-state index in [9.17, 15) is 0 Å². The number of aromatic nitrogens is 1. The Labute approximate surface area is 145 Å². The van der Waals surface area contributed by atoms with Crippen molar-refractivity contribution >= 4 is 34.4 Å². The monoisotopic (exact) mass is 333 g/mol. The first kappa shape index (κ1) is 15.7. The molecule has 0 atom stereocenters. The van der Waals surface area contributed by atoms with E-state index in [2.05, 4.69) is 27.2 Å². The molecule has 6 heteroatoms. The van der Waals surface area contributed by atoms with Crippen molar-refractivity contribution in [3.05, 3.63) is 71.4 Å². The van der Waals surface area contributed by atoms with E-state index in [1.807, 2.05) is 42.6 Å². The lowest BCUT2D eigenvalue weighted by atomic mass is 10.1. The van der Waals surface area contributed by atoms with Gasteiger partial charge in [-0.25, -0.2) is 0 Å². The lowest BCUT2D eigenvalue weighted by Gasteiger charge is -2.05. The SMILES string of the molecule is N#Cc1cccc(Cn2cc(C=NNC(N)=S)c3ccccc32)c1. The van der Waals surface area contributed by atoms with Gasteiger partial charge in [0.2, 0.25) is 0 Å². The minimum atomic E-state index is 0.128. The van der Waals surface area contributed by atoms with Crippen molar-refractivity contribution in [3.8, 4) is 6.07 Å². The fourth-order valence-electron chi connectivity index (χ4n) is 2.61. The molecular weight excluding hydrogens is 318 g/mol. The molecule has 2 aromatic carbocycles. The summed E-state index contributed by atoms with van der Waals surface area (Å²) in [5, 5.41) is 14.3. The molecule has 24 heavy (non-hydrogen) atoms. The number of rotatable bonds is 4. The Bertz CT molecular complexity index is 965. The summed E-state index contributed by atoms with van der Waals surface area (Å²) in [7, 11) is 0. The Balaban J connectivity index is 1.97. The second kappa shape index (κ2) is 6.94. The van der Waals surface area contributed by atoms with E-state index in [0.717, 1.165) is 22.0 Å². The minimum absolute atomic E-state index is 0.128. The smallest absolute Gasteiger partial charge is 0.184 e. The number of nitrogens with two attached hydrogens (primary N) is 1. The van der Waals surface area contributed by atoms with E-state index in [1.54, 1.807) is 12.3 Å². The Hall–Kier alpha value is -3.17. The number of para-hydroxylation sites is 1. The highest BCUT2D eigenvalue weighted by molar-refractivity contribution is 7.80. The predicted molar refractivity (Wildman–Crippen MR) is 99.7 cm³/mol. The van der Waals surface area contributed by atoms with E-state index in [-0.39, 0.29) is 5.11 Å². The summed E-state index contributed by atoms with van der Waals surface area (Å²) >= 11 is 4.74. The minimum Gasteiger partial charge on any atom is -0.375 e. The molecule has 0 unspecified atom stereocenters. The molecule has 0 saturated carbocycles. The van der Waals surface area contributed by atoms with Gasteiger partial charge >= 0.3 is 0 Å². The van der Waals surface area contributed by atoms with E-state index >= 15 is 0 Å². The molecule has 0 fully saturated rings. The van der Waals surface area contributed by atoms with Crippen LogP contribution < -0.4 is 11.2 Å². The van der Waals surface area contributed by atoms with Crippen LogP contribution in [0.25, 0.3) is 10.9 Å². The van der Waals surface area contributed by atoms with Crippen LogP contribution in [0.3, 0.4) is 0 Å². The van der Waals surface area contributed by atoms with E-state index in [0.29, 0.717) is 12.1 Å². The zero-order valence-corrected chi connectivity index (χ0v) is 13.6. The molecule has 118 valence electrons. The zero-order valence-electron chi connectivity index (χ0n) is 12.8. The van der Waals surface area contributed by atoms with Crippen LogP contribution >= 0.6 is 12.2 Å². The molecule has 0 spiro atoms. The number of nitrogens with one attached hydrogen (secondary N) is 1. The topological polar surface area (TPSA) is 79.1 Å². The van der Waals surface area contributed by atoms with Gasteiger partial charge in [-0.2, -0.15) is 10.4 Å². The molecule has 0 aliphatic heterocycles. The van der Waals surface area contributed by atoms with Gasteiger partial charge < -0.3 is 10.3 Å². The van der Waals surface area contributed by atoms with Crippen LogP contribution in [0.4, 0.5) is 0 Å². The van der Waals surface area contributed by atoms with Crippen LogP contribution in [0.15, 0.2) is 59.8 Å². The zero-order chi connectivity index (χ0) is 16.9. The molecule has 0 aliphatic carbocycles. The normalized spacial score (nSPS) is 10.8. The van der Waals surface area contributed by atoms with E-state index < -0.39 is 0 Å². The summed E-state index contributed by atoms with van der Waals surface area (Å²) in [6.07, 6.45) is 3.72. The van der Waals surface area contributed by atoms with Gasteiger partial charge in [-0.15, -0.1) is 0 Å². The summed E-state index contributed by atoms with van der Waals surface area (Å²) in [6.45, 7) is 0.673. The fraction of sp³-hybridized carbons (Fsp3) is 0.0556. The standard InChI is InChI=1S/C18H15N5S/c19-9-13-4-3-5-14(8-13)11-23-12-15(10-21-22-18(20)24)16-6-1-2-7-17(16)23/h1-8,10,12H,11H2,(H3,20,22,24). The summed E-state index contributed by atoms with van der Waals surface area (Å²) in [4.78, 5) is 0. The molecule has 1 heterocycles. The van der Waals surface area contributed by atoms with Crippen molar-refractivity contribution in [2.24, 2.45) is 10.8 Å². The van der Waals surface area contributed by atoms with Crippen molar-refractivity contribution in [3.63, 3.8) is 0 Å².